The molecule has 1 heterocycles. The second-order valence-electron chi connectivity index (χ2n) is 3.61. The van der Waals surface area contributed by atoms with Crippen molar-refractivity contribution in [1.29, 1.82) is 0 Å². The number of carbonyl (C=O) groups is 1. The zero-order valence-corrected chi connectivity index (χ0v) is 9.57. The predicted octanol–water partition coefficient (Wildman–Crippen LogP) is 0.971. The van der Waals surface area contributed by atoms with E-state index in [1.165, 1.54) is 0 Å². The molecule has 0 bridgehead atoms. The van der Waals surface area contributed by atoms with Gasteiger partial charge in [-0.3, -0.25) is 10.2 Å². The van der Waals surface area contributed by atoms with E-state index < -0.39 is 6.10 Å². The zero-order chi connectivity index (χ0) is 10.7. The summed E-state index contributed by atoms with van der Waals surface area (Å²) in [5.41, 5.74) is 3.27. The fourth-order valence-corrected chi connectivity index (χ4v) is 1.97. The maximum Gasteiger partial charge on any atom is 0.263 e. The molecule has 16 heavy (non-hydrogen) atoms. The number of halogens is 1. The van der Waals surface area contributed by atoms with E-state index in [4.69, 9.17) is 10.6 Å². The van der Waals surface area contributed by atoms with Gasteiger partial charge in [-0.25, -0.2) is 5.84 Å². The molecule has 1 aromatic carbocycles. The quantitative estimate of drug-likeness (QED) is 0.462. The summed E-state index contributed by atoms with van der Waals surface area (Å²) in [7, 11) is 0. The second kappa shape index (κ2) is 5.84. The monoisotopic (exact) mass is 242 g/mol. The summed E-state index contributed by atoms with van der Waals surface area (Å²) in [6.45, 7) is 0.609. The summed E-state index contributed by atoms with van der Waals surface area (Å²) in [6, 6.07) is 9.90. The van der Waals surface area contributed by atoms with Gasteiger partial charge in [-0.15, -0.1) is 12.4 Å². The van der Waals surface area contributed by atoms with Crippen molar-refractivity contribution in [2.24, 2.45) is 5.84 Å². The molecule has 88 valence electrons. The van der Waals surface area contributed by atoms with Gasteiger partial charge >= 0.3 is 0 Å². The van der Waals surface area contributed by atoms with Crippen molar-refractivity contribution in [2.45, 2.75) is 18.4 Å². The molecule has 0 spiro atoms. The number of nitrogens with one attached hydrogen (secondary N) is 1. The van der Waals surface area contributed by atoms with E-state index >= 15 is 0 Å². The molecule has 0 aliphatic carbocycles. The third kappa shape index (κ3) is 2.52. The Bertz CT molecular complexity index is 345. The average molecular weight is 243 g/mol. The Morgan fingerprint density at radius 3 is 2.69 bits per heavy atom. The number of hydrogen-bond acceptors (Lipinski definition) is 3. The molecular weight excluding hydrogens is 228 g/mol. The molecule has 4 nitrogen and oxygen atoms in total. The summed E-state index contributed by atoms with van der Waals surface area (Å²) < 4.78 is 5.38. The predicted molar refractivity (Wildman–Crippen MR) is 63.1 cm³/mol. The summed E-state index contributed by atoms with van der Waals surface area (Å²) in [6.07, 6.45) is 0.416. The Balaban J connectivity index is 0.00000128. The Labute approximate surface area is 101 Å². The highest BCUT2D eigenvalue weighted by Gasteiger charge is 2.34. The second-order valence-corrected chi connectivity index (χ2v) is 3.61. The van der Waals surface area contributed by atoms with Crippen LogP contribution in [0.15, 0.2) is 30.3 Å². The molecular formula is C11H15ClN2O2. The number of amides is 1. The van der Waals surface area contributed by atoms with Crippen molar-refractivity contribution in [3.05, 3.63) is 35.9 Å². The van der Waals surface area contributed by atoms with Crippen molar-refractivity contribution < 1.29 is 9.53 Å². The van der Waals surface area contributed by atoms with Crippen molar-refractivity contribution in [3.63, 3.8) is 0 Å². The van der Waals surface area contributed by atoms with Crippen LogP contribution >= 0.6 is 12.4 Å². The molecule has 1 amide bonds. The van der Waals surface area contributed by atoms with E-state index in [0.717, 1.165) is 12.0 Å². The van der Waals surface area contributed by atoms with E-state index in [1.807, 2.05) is 30.3 Å². The van der Waals surface area contributed by atoms with Gasteiger partial charge in [0.2, 0.25) is 0 Å². The average Bonchev–Trinajstić information content (AvgIpc) is 2.78. The standard InChI is InChI=1S/C11H14N2O2.ClH/c12-13-11(14)10-9(6-7-15-10)8-4-2-1-3-5-8;/h1-5,9-10H,6-7,12H2,(H,13,14);1H/t9-,10-;/m0./s1. The molecule has 1 saturated heterocycles. The van der Waals surface area contributed by atoms with Crippen molar-refractivity contribution in [2.75, 3.05) is 6.61 Å². The number of ether oxygens (including phenoxy) is 1. The third-order valence-corrected chi connectivity index (χ3v) is 2.72. The van der Waals surface area contributed by atoms with Crippen LogP contribution in [0.3, 0.4) is 0 Å². The van der Waals surface area contributed by atoms with Gasteiger partial charge < -0.3 is 4.74 Å². The lowest BCUT2D eigenvalue weighted by Crippen LogP contribution is -2.41. The van der Waals surface area contributed by atoms with Gasteiger partial charge in [-0.2, -0.15) is 0 Å². The van der Waals surface area contributed by atoms with Crippen molar-refractivity contribution in [3.8, 4) is 0 Å². The molecule has 3 N–H and O–H groups in total. The van der Waals surface area contributed by atoms with Gasteiger partial charge in [0.05, 0.1) is 0 Å². The van der Waals surface area contributed by atoms with E-state index in [0.29, 0.717) is 6.61 Å². The number of benzene rings is 1. The highest BCUT2D eigenvalue weighted by molar-refractivity contribution is 5.85. The minimum atomic E-state index is -0.447. The lowest BCUT2D eigenvalue weighted by atomic mass is 9.92. The molecule has 0 aromatic heterocycles. The van der Waals surface area contributed by atoms with E-state index in [9.17, 15) is 4.79 Å². The number of rotatable bonds is 2. The normalized spacial score (nSPS) is 23.6. The largest absolute Gasteiger partial charge is 0.368 e. The first-order chi connectivity index (χ1) is 7.33. The summed E-state index contributed by atoms with van der Waals surface area (Å²) >= 11 is 0. The fourth-order valence-electron chi connectivity index (χ4n) is 1.97. The molecule has 0 saturated carbocycles. The Morgan fingerprint density at radius 2 is 2.06 bits per heavy atom. The minimum absolute atomic E-state index is 0. The van der Waals surface area contributed by atoms with Crippen molar-refractivity contribution >= 4 is 18.3 Å². The molecule has 5 heteroatoms. The van der Waals surface area contributed by atoms with Gasteiger partial charge in [-0.05, 0) is 12.0 Å². The highest BCUT2D eigenvalue weighted by atomic mass is 35.5. The Morgan fingerprint density at radius 1 is 1.38 bits per heavy atom. The van der Waals surface area contributed by atoms with Crippen LogP contribution in [-0.2, 0) is 9.53 Å². The smallest absolute Gasteiger partial charge is 0.263 e. The molecule has 2 rings (SSSR count). The van der Waals surface area contributed by atoms with Crippen molar-refractivity contribution in [1.82, 2.24) is 5.43 Å². The highest BCUT2D eigenvalue weighted by Crippen LogP contribution is 2.30. The molecule has 1 aliphatic rings. The zero-order valence-electron chi connectivity index (χ0n) is 8.76. The van der Waals surface area contributed by atoms with Gasteiger partial charge in [0.1, 0.15) is 6.10 Å². The van der Waals surface area contributed by atoms with Crippen LogP contribution in [0.1, 0.15) is 17.9 Å². The van der Waals surface area contributed by atoms with Gasteiger partial charge in [-0.1, -0.05) is 30.3 Å². The van der Waals surface area contributed by atoms with E-state index in [2.05, 4.69) is 5.43 Å². The van der Waals surface area contributed by atoms with Crippen LogP contribution in [0.5, 0.6) is 0 Å². The third-order valence-electron chi connectivity index (χ3n) is 2.72. The topological polar surface area (TPSA) is 64.3 Å². The summed E-state index contributed by atoms with van der Waals surface area (Å²) in [5, 5.41) is 0. The first-order valence-corrected chi connectivity index (χ1v) is 5.00. The van der Waals surface area contributed by atoms with Crippen LogP contribution in [0, 0.1) is 0 Å². The number of carbonyl (C=O) groups excluding carboxylic acids is 1. The van der Waals surface area contributed by atoms with Crippen LogP contribution in [0.25, 0.3) is 0 Å². The molecule has 1 fully saturated rings. The number of hydrazine groups is 1. The maximum atomic E-state index is 11.4. The number of nitrogens with two attached hydrogens (primary N) is 1. The minimum Gasteiger partial charge on any atom is -0.368 e. The van der Waals surface area contributed by atoms with Gasteiger partial charge in [0.15, 0.2) is 0 Å². The SMILES string of the molecule is Cl.NNC(=O)[C@H]1OCC[C@H]1c1ccccc1. The lowest BCUT2D eigenvalue weighted by molar-refractivity contribution is -0.130. The van der Waals surface area contributed by atoms with Crippen LogP contribution < -0.4 is 11.3 Å². The lowest BCUT2D eigenvalue weighted by Gasteiger charge is -2.16. The van der Waals surface area contributed by atoms with E-state index in [1.54, 1.807) is 0 Å². The van der Waals surface area contributed by atoms with Crippen LogP contribution in [0.4, 0.5) is 0 Å². The number of hydrogen-bond donors (Lipinski definition) is 2. The molecule has 0 radical (unpaired) electrons. The molecule has 0 unspecified atom stereocenters. The Hall–Kier alpha value is -1.10. The van der Waals surface area contributed by atoms with Gasteiger partial charge in [0.25, 0.3) is 5.91 Å². The van der Waals surface area contributed by atoms with Gasteiger partial charge in [0, 0.05) is 12.5 Å². The molecule has 1 aliphatic heterocycles. The molecule has 1 aromatic rings. The van der Waals surface area contributed by atoms with Crippen LogP contribution in [0.2, 0.25) is 0 Å². The maximum absolute atomic E-state index is 11.4. The summed E-state index contributed by atoms with van der Waals surface area (Å²) in [5.74, 6) is 4.98. The first-order valence-electron chi connectivity index (χ1n) is 5.00. The summed E-state index contributed by atoms with van der Waals surface area (Å²) in [4.78, 5) is 11.4. The van der Waals surface area contributed by atoms with Crippen LogP contribution in [-0.4, -0.2) is 18.6 Å². The molecule has 2 atom stereocenters. The van der Waals surface area contributed by atoms with E-state index in [-0.39, 0.29) is 24.2 Å². The first kappa shape index (κ1) is 13.0. The Kier molecular flexibility index (Phi) is 4.73. The fraction of sp³-hybridized carbons (Fsp3) is 0.364.